The summed E-state index contributed by atoms with van der Waals surface area (Å²) in [4.78, 5) is 22.2. The lowest BCUT2D eigenvalue weighted by Crippen LogP contribution is -2.42. The van der Waals surface area contributed by atoms with Crippen molar-refractivity contribution < 1.29 is 14.5 Å². The van der Waals surface area contributed by atoms with E-state index < -0.39 is 16.6 Å². The molecule has 2 rings (SSSR count). The molecule has 1 saturated carbocycles. The molecule has 0 radical (unpaired) electrons. The lowest BCUT2D eigenvalue weighted by Gasteiger charge is -2.19. The Labute approximate surface area is 117 Å². The van der Waals surface area contributed by atoms with E-state index in [1.807, 2.05) is 0 Å². The van der Waals surface area contributed by atoms with Gasteiger partial charge in [0, 0.05) is 11.6 Å². The lowest BCUT2D eigenvalue weighted by atomic mass is 10.1. The van der Waals surface area contributed by atoms with Crippen molar-refractivity contribution in [1.29, 1.82) is 0 Å². The van der Waals surface area contributed by atoms with Crippen LogP contribution in [-0.4, -0.2) is 16.6 Å². The summed E-state index contributed by atoms with van der Waals surface area (Å²) in [6, 6.07) is 4.77. The van der Waals surface area contributed by atoms with E-state index in [-0.39, 0.29) is 11.4 Å². The number of nitro groups is 1. The van der Waals surface area contributed by atoms with Gasteiger partial charge in [-0.05, 0) is 51.2 Å². The predicted octanol–water partition coefficient (Wildman–Crippen LogP) is 3.36. The molecular weight excluding hydrogens is 260 g/mol. The van der Waals surface area contributed by atoms with E-state index >= 15 is 0 Å². The topological polar surface area (TPSA) is 81.5 Å². The second kappa shape index (κ2) is 5.11. The number of carbonyl (C=O) groups excluding carboxylic acids is 1. The zero-order valence-corrected chi connectivity index (χ0v) is 11.8. The number of hydrogen-bond donors (Lipinski definition) is 1. The summed E-state index contributed by atoms with van der Waals surface area (Å²) < 4.78 is 5.05. The molecule has 0 heterocycles. The van der Waals surface area contributed by atoms with Crippen molar-refractivity contribution in [3.63, 3.8) is 0 Å². The van der Waals surface area contributed by atoms with Crippen molar-refractivity contribution in [2.45, 2.75) is 45.1 Å². The average Bonchev–Trinajstić information content (AvgIpc) is 3.10. The number of nitrogens with zero attached hydrogens (tertiary/aromatic N) is 1. The molecule has 0 aromatic heterocycles. The van der Waals surface area contributed by atoms with E-state index in [0.717, 1.165) is 18.4 Å². The first-order valence-corrected chi connectivity index (χ1v) is 6.54. The highest BCUT2D eigenvalue weighted by Gasteiger charge is 2.28. The van der Waals surface area contributed by atoms with Crippen LogP contribution in [0.3, 0.4) is 0 Å². The molecule has 0 spiro atoms. The number of benzene rings is 1. The lowest BCUT2D eigenvalue weighted by molar-refractivity contribution is -0.385. The first-order valence-electron chi connectivity index (χ1n) is 6.54. The first kappa shape index (κ1) is 14.3. The summed E-state index contributed by atoms with van der Waals surface area (Å²) in [5.41, 5.74) is 0.304. The van der Waals surface area contributed by atoms with Gasteiger partial charge in [0.1, 0.15) is 0 Å². The van der Waals surface area contributed by atoms with Crippen LogP contribution in [-0.2, 0) is 0 Å². The van der Waals surface area contributed by atoms with Crippen molar-refractivity contribution in [3.8, 4) is 5.75 Å². The first-order chi connectivity index (χ1) is 9.26. The van der Waals surface area contributed by atoms with Crippen molar-refractivity contribution in [2.75, 3.05) is 0 Å². The van der Waals surface area contributed by atoms with E-state index in [1.165, 1.54) is 12.1 Å². The maximum Gasteiger partial charge on any atom is 0.413 e. The van der Waals surface area contributed by atoms with Gasteiger partial charge in [-0.15, -0.1) is 0 Å². The van der Waals surface area contributed by atoms with Gasteiger partial charge in [-0.25, -0.2) is 4.79 Å². The highest BCUT2D eigenvalue weighted by Crippen LogP contribution is 2.42. The number of carbonyl (C=O) groups is 1. The van der Waals surface area contributed by atoms with Gasteiger partial charge in [0.2, 0.25) is 5.75 Å². The highest BCUT2D eigenvalue weighted by atomic mass is 16.6. The minimum atomic E-state index is -0.695. The molecule has 6 nitrogen and oxygen atoms in total. The Morgan fingerprint density at radius 2 is 2.05 bits per heavy atom. The molecule has 0 saturated heterocycles. The van der Waals surface area contributed by atoms with Crippen LogP contribution in [0, 0.1) is 10.1 Å². The van der Waals surface area contributed by atoms with E-state index in [4.69, 9.17) is 4.74 Å². The Balaban J connectivity index is 2.18. The maximum atomic E-state index is 11.7. The van der Waals surface area contributed by atoms with Gasteiger partial charge in [0.15, 0.2) is 0 Å². The molecule has 1 amide bonds. The zero-order valence-electron chi connectivity index (χ0n) is 11.8. The smallest absolute Gasteiger partial charge is 0.403 e. The fourth-order valence-corrected chi connectivity index (χ4v) is 1.87. The molecule has 0 unspecified atom stereocenters. The molecular formula is C14H18N2O4. The summed E-state index contributed by atoms with van der Waals surface area (Å²) in [5, 5.41) is 13.7. The van der Waals surface area contributed by atoms with Crippen LogP contribution < -0.4 is 10.1 Å². The summed E-state index contributed by atoms with van der Waals surface area (Å²) in [7, 11) is 0. The SMILES string of the molecule is CC(C)(C)NC(=O)Oc1ccc(C2CC2)cc1[N+](=O)[O-]. The van der Waals surface area contributed by atoms with Crippen molar-refractivity contribution in [3.05, 3.63) is 33.9 Å². The van der Waals surface area contributed by atoms with Crippen molar-refractivity contribution >= 4 is 11.8 Å². The normalized spacial score (nSPS) is 14.8. The van der Waals surface area contributed by atoms with Crippen LogP contribution in [0.25, 0.3) is 0 Å². The van der Waals surface area contributed by atoms with Crippen LogP contribution in [0.2, 0.25) is 0 Å². The van der Waals surface area contributed by atoms with E-state index in [2.05, 4.69) is 5.32 Å². The molecule has 1 aliphatic carbocycles. The summed E-state index contributed by atoms with van der Waals surface area (Å²) in [5.74, 6) is 0.382. The zero-order chi connectivity index (χ0) is 14.9. The Morgan fingerprint density at radius 3 is 2.55 bits per heavy atom. The van der Waals surface area contributed by atoms with Gasteiger partial charge in [0.05, 0.1) is 4.92 Å². The molecule has 1 N–H and O–H groups in total. The van der Waals surface area contributed by atoms with E-state index in [9.17, 15) is 14.9 Å². The molecule has 20 heavy (non-hydrogen) atoms. The third-order valence-corrected chi connectivity index (χ3v) is 2.91. The number of amides is 1. The summed E-state index contributed by atoms with van der Waals surface area (Å²) >= 11 is 0. The number of nitrogens with one attached hydrogen (secondary N) is 1. The number of hydrogen-bond acceptors (Lipinski definition) is 4. The Bertz CT molecular complexity index is 545. The predicted molar refractivity (Wildman–Crippen MR) is 74.0 cm³/mol. The molecule has 1 aliphatic rings. The molecule has 0 atom stereocenters. The van der Waals surface area contributed by atoms with Gasteiger partial charge in [-0.1, -0.05) is 6.07 Å². The van der Waals surface area contributed by atoms with Gasteiger partial charge in [0.25, 0.3) is 0 Å². The molecule has 1 fully saturated rings. The van der Waals surface area contributed by atoms with Gasteiger partial charge >= 0.3 is 11.8 Å². The number of nitro benzene ring substituents is 1. The Kier molecular flexibility index (Phi) is 3.65. The third-order valence-electron chi connectivity index (χ3n) is 2.91. The van der Waals surface area contributed by atoms with Crippen LogP contribution in [0.4, 0.5) is 10.5 Å². The van der Waals surface area contributed by atoms with Crippen LogP contribution in [0.5, 0.6) is 5.75 Å². The second-order valence-corrected chi connectivity index (χ2v) is 6.02. The highest BCUT2D eigenvalue weighted by molar-refractivity contribution is 5.73. The van der Waals surface area contributed by atoms with E-state index in [0.29, 0.717) is 5.92 Å². The molecule has 0 bridgehead atoms. The number of ether oxygens (including phenoxy) is 1. The largest absolute Gasteiger partial charge is 0.413 e. The minimum Gasteiger partial charge on any atom is -0.403 e. The molecule has 1 aromatic rings. The van der Waals surface area contributed by atoms with Gasteiger partial charge in [-0.3, -0.25) is 10.1 Å². The van der Waals surface area contributed by atoms with Crippen molar-refractivity contribution in [2.24, 2.45) is 0 Å². The van der Waals surface area contributed by atoms with Crippen LogP contribution in [0.1, 0.15) is 45.1 Å². The Hall–Kier alpha value is -2.11. The number of rotatable bonds is 3. The second-order valence-electron chi connectivity index (χ2n) is 6.02. The average molecular weight is 278 g/mol. The fourth-order valence-electron chi connectivity index (χ4n) is 1.87. The monoisotopic (exact) mass is 278 g/mol. The third kappa shape index (κ3) is 3.69. The van der Waals surface area contributed by atoms with Crippen molar-refractivity contribution in [1.82, 2.24) is 5.32 Å². The van der Waals surface area contributed by atoms with Crippen LogP contribution in [0.15, 0.2) is 18.2 Å². The molecule has 108 valence electrons. The summed E-state index contributed by atoms with van der Waals surface area (Å²) in [6.07, 6.45) is 1.42. The summed E-state index contributed by atoms with van der Waals surface area (Å²) in [6.45, 7) is 5.41. The minimum absolute atomic E-state index is 0.0267. The Morgan fingerprint density at radius 1 is 1.40 bits per heavy atom. The van der Waals surface area contributed by atoms with Gasteiger partial charge < -0.3 is 10.1 Å². The van der Waals surface area contributed by atoms with Gasteiger partial charge in [-0.2, -0.15) is 0 Å². The van der Waals surface area contributed by atoms with Crippen LogP contribution >= 0.6 is 0 Å². The maximum absolute atomic E-state index is 11.7. The standard InChI is InChI=1S/C14H18N2O4/c1-14(2,3)15-13(17)20-12-7-6-10(9-4-5-9)8-11(12)16(18)19/h6-9H,4-5H2,1-3H3,(H,15,17). The van der Waals surface area contributed by atoms with E-state index in [1.54, 1.807) is 26.8 Å². The molecule has 1 aromatic carbocycles. The fraction of sp³-hybridized carbons (Fsp3) is 0.500. The molecule has 0 aliphatic heterocycles. The molecule has 6 heteroatoms. The quantitative estimate of drug-likeness (QED) is 0.679.